The minimum Gasteiger partial charge on any atom is -0.293 e. The van der Waals surface area contributed by atoms with Crippen molar-refractivity contribution >= 4 is 11.5 Å². The molecule has 7 heteroatoms. The number of aromatic nitrogens is 1. The SMILES string of the molecule is CC(C(=O)c1c(F)ccc([N+](=O)[O-])c1F)c1ccncc1. The lowest BCUT2D eigenvalue weighted by atomic mass is 9.92. The summed E-state index contributed by atoms with van der Waals surface area (Å²) in [5.74, 6) is -4.28. The molecule has 0 bridgehead atoms. The molecule has 1 heterocycles. The Kier molecular flexibility index (Phi) is 4.02. The zero-order chi connectivity index (χ0) is 15.6. The number of nitro groups is 1. The van der Waals surface area contributed by atoms with Gasteiger partial charge in [-0.05, 0) is 23.8 Å². The van der Waals surface area contributed by atoms with Gasteiger partial charge in [0.1, 0.15) is 5.82 Å². The average Bonchev–Trinajstić information content (AvgIpc) is 2.46. The van der Waals surface area contributed by atoms with Gasteiger partial charge in [0, 0.05) is 24.4 Å². The van der Waals surface area contributed by atoms with Crippen LogP contribution in [0.3, 0.4) is 0 Å². The van der Waals surface area contributed by atoms with Crippen molar-refractivity contribution in [2.45, 2.75) is 12.8 Å². The van der Waals surface area contributed by atoms with Gasteiger partial charge in [0.2, 0.25) is 5.82 Å². The fourth-order valence-electron chi connectivity index (χ4n) is 1.93. The number of pyridine rings is 1. The summed E-state index contributed by atoms with van der Waals surface area (Å²) in [4.78, 5) is 25.7. The molecule has 1 aromatic carbocycles. The second-order valence-corrected chi connectivity index (χ2v) is 4.38. The van der Waals surface area contributed by atoms with Crippen LogP contribution in [0, 0.1) is 21.7 Å². The number of benzene rings is 1. The molecular formula is C14H10F2N2O3. The third kappa shape index (κ3) is 2.76. The molecule has 0 spiro atoms. The Labute approximate surface area is 118 Å². The van der Waals surface area contributed by atoms with Gasteiger partial charge in [-0.2, -0.15) is 4.39 Å². The van der Waals surface area contributed by atoms with E-state index in [0.29, 0.717) is 17.7 Å². The Morgan fingerprint density at radius 3 is 2.43 bits per heavy atom. The van der Waals surface area contributed by atoms with E-state index < -0.39 is 39.5 Å². The number of hydrogen-bond donors (Lipinski definition) is 0. The van der Waals surface area contributed by atoms with Crippen molar-refractivity contribution in [1.82, 2.24) is 4.98 Å². The normalized spacial score (nSPS) is 12.0. The van der Waals surface area contributed by atoms with Gasteiger partial charge >= 0.3 is 5.69 Å². The molecule has 2 rings (SSSR count). The lowest BCUT2D eigenvalue weighted by Crippen LogP contribution is -2.15. The number of carbonyl (C=O) groups excluding carboxylic acids is 1. The van der Waals surface area contributed by atoms with Gasteiger partial charge in [0.25, 0.3) is 0 Å². The Morgan fingerprint density at radius 2 is 1.86 bits per heavy atom. The van der Waals surface area contributed by atoms with E-state index in [0.717, 1.165) is 0 Å². The maximum Gasteiger partial charge on any atom is 0.305 e. The molecule has 1 aromatic heterocycles. The van der Waals surface area contributed by atoms with Gasteiger partial charge in [0.15, 0.2) is 5.78 Å². The van der Waals surface area contributed by atoms with Crippen LogP contribution in [0.15, 0.2) is 36.7 Å². The van der Waals surface area contributed by atoms with Crippen LogP contribution in [0.25, 0.3) is 0 Å². The van der Waals surface area contributed by atoms with Crippen LogP contribution in [-0.4, -0.2) is 15.7 Å². The smallest absolute Gasteiger partial charge is 0.293 e. The van der Waals surface area contributed by atoms with Crippen LogP contribution in [0.2, 0.25) is 0 Å². The summed E-state index contributed by atoms with van der Waals surface area (Å²) < 4.78 is 27.7. The van der Waals surface area contributed by atoms with Crippen molar-refractivity contribution < 1.29 is 18.5 Å². The summed E-state index contributed by atoms with van der Waals surface area (Å²) in [6, 6.07) is 4.48. The zero-order valence-electron chi connectivity index (χ0n) is 10.9. The highest BCUT2D eigenvalue weighted by molar-refractivity contribution is 6.01. The van der Waals surface area contributed by atoms with Crippen LogP contribution >= 0.6 is 0 Å². The minimum absolute atomic E-state index is 0.514. The number of nitro benzene ring substituents is 1. The van der Waals surface area contributed by atoms with Crippen molar-refractivity contribution in [2.24, 2.45) is 0 Å². The molecule has 0 aliphatic heterocycles. The molecule has 21 heavy (non-hydrogen) atoms. The number of hydrogen-bond acceptors (Lipinski definition) is 4. The zero-order valence-corrected chi connectivity index (χ0v) is 10.9. The first-order valence-electron chi connectivity index (χ1n) is 6.00. The summed E-state index contributed by atoms with van der Waals surface area (Å²) >= 11 is 0. The van der Waals surface area contributed by atoms with Gasteiger partial charge < -0.3 is 0 Å². The highest BCUT2D eigenvalue weighted by Gasteiger charge is 2.29. The van der Waals surface area contributed by atoms with Crippen molar-refractivity contribution in [2.75, 3.05) is 0 Å². The molecule has 1 atom stereocenters. The van der Waals surface area contributed by atoms with Crippen LogP contribution < -0.4 is 0 Å². The van der Waals surface area contributed by atoms with Crippen molar-refractivity contribution in [1.29, 1.82) is 0 Å². The quantitative estimate of drug-likeness (QED) is 0.492. The number of ketones is 1. The molecule has 5 nitrogen and oxygen atoms in total. The van der Waals surface area contributed by atoms with E-state index in [2.05, 4.69) is 4.98 Å². The highest BCUT2D eigenvalue weighted by atomic mass is 19.1. The van der Waals surface area contributed by atoms with Crippen molar-refractivity contribution in [3.8, 4) is 0 Å². The predicted molar refractivity (Wildman–Crippen MR) is 70.0 cm³/mol. The van der Waals surface area contributed by atoms with E-state index in [-0.39, 0.29) is 0 Å². The fraction of sp³-hybridized carbons (Fsp3) is 0.143. The predicted octanol–water partition coefficient (Wildman–Crippen LogP) is 3.25. The first kappa shape index (κ1) is 14.7. The summed E-state index contributed by atoms with van der Waals surface area (Å²) in [6.07, 6.45) is 2.89. The molecule has 0 amide bonds. The van der Waals surface area contributed by atoms with Crippen LogP contribution in [0.4, 0.5) is 14.5 Å². The molecule has 0 aliphatic carbocycles. The number of nitrogens with zero attached hydrogens (tertiary/aromatic N) is 2. The van der Waals surface area contributed by atoms with E-state index >= 15 is 0 Å². The summed E-state index contributed by atoms with van der Waals surface area (Å²) in [5, 5.41) is 10.7. The molecule has 0 saturated carbocycles. The Bertz CT molecular complexity index is 705. The lowest BCUT2D eigenvalue weighted by Gasteiger charge is -2.12. The molecule has 0 fully saturated rings. The monoisotopic (exact) mass is 292 g/mol. The second kappa shape index (κ2) is 5.74. The topological polar surface area (TPSA) is 73.1 Å². The molecule has 0 saturated heterocycles. The molecule has 1 unspecified atom stereocenters. The van der Waals surface area contributed by atoms with E-state index in [1.807, 2.05) is 0 Å². The molecular weight excluding hydrogens is 282 g/mol. The maximum atomic E-state index is 14.0. The minimum atomic E-state index is -1.45. The Morgan fingerprint density at radius 1 is 1.24 bits per heavy atom. The van der Waals surface area contributed by atoms with Gasteiger partial charge in [0.05, 0.1) is 10.5 Å². The van der Waals surface area contributed by atoms with Gasteiger partial charge in [-0.25, -0.2) is 4.39 Å². The van der Waals surface area contributed by atoms with E-state index in [4.69, 9.17) is 0 Å². The average molecular weight is 292 g/mol. The standard InChI is InChI=1S/C14H10F2N2O3/c1-8(9-4-6-17-7-5-9)14(19)12-10(15)2-3-11(13(12)16)18(20)21/h2-8H,1H3. The number of halogens is 2. The van der Waals surface area contributed by atoms with E-state index in [1.165, 1.54) is 31.5 Å². The van der Waals surface area contributed by atoms with Gasteiger partial charge in [-0.1, -0.05) is 6.92 Å². The molecule has 108 valence electrons. The summed E-state index contributed by atoms with van der Waals surface area (Å²) in [7, 11) is 0. The van der Waals surface area contributed by atoms with E-state index in [9.17, 15) is 23.7 Å². The third-order valence-corrected chi connectivity index (χ3v) is 3.11. The van der Waals surface area contributed by atoms with Crippen LogP contribution in [0.1, 0.15) is 28.8 Å². The van der Waals surface area contributed by atoms with Crippen molar-refractivity contribution in [3.63, 3.8) is 0 Å². The number of Topliss-reactive ketones (excluding diaryl/α,β-unsaturated/α-hetero) is 1. The van der Waals surface area contributed by atoms with Crippen LogP contribution in [-0.2, 0) is 0 Å². The largest absolute Gasteiger partial charge is 0.305 e. The van der Waals surface area contributed by atoms with Gasteiger partial charge in [-0.3, -0.25) is 19.9 Å². The highest BCUT2D eigenvalue weighted by Crippen LogP contribution is 2.28. The summed E-state index contributed by atoms with van der Waals surface area (Å²) in [6.45, 7) is 1.47. The van der Waals surface area contributed by atoms with Crippen LogP contribution in [0.5, 0.6) is 0 Å². The first-order chi connectivity index (χ1) is 9.93. The van der Waals surface area contributed by atoms with E-state index in [1.54, 1.807) is 0 Å². The Balaban J connectivity index is 2.49. The third-order valence-electron chi connectivity index (χ3n) is 3.11. The molecule has 0 radical (unpaired) electrons. The number of carbonyl (C=O) groups is 1. The summed E-state index contributed by atoms with van der Waals surface area (Å²) in [5.41, 5.74) is -1.31. The Hall–Kier alpha value is -2.70. The lowest BCUT2D eigenvalue weighted by molar-refractivity contribution is -0.387. The fourth-order valence-corrected chi connectivity index (χ4v) is 1.93. The number of rotatable bonds is 4. The molecule has 0 aliphatic rings. The van der Waals surface area contributed by atoms with Crippen molar-refractivity contribution in [3.05, 3.63) is 69.5 Å². The maximum absolute atomic E-state index is 14.0. The molecule has 0 N–H and O–H groups in total. The second-order valence-electron chi connectivity index (χ2n) is 4.38. The van der Waals surface area contributed by atoms with Gasteiger partial charge in [-0.15, -0.1) is 0 Å². The first-order valence-corrected chi connectivity index (χ1v) is 6.00. The molecule has 2 aromatic rings.